The van der Waals surface area contributed by atoms with Crippen molar-refractivity contribution in [1.82, 2.24) is 10.3 Å². The van der Waals surface area contributed by atoms with Crippen LogP contribution in [-0.4, -0.2) is 18.6 Å². The molecule has 1 aliphatic carbocycles. The van der Waals surface area contributed by atoms with Gasteiger partial charge in [-0.15, -0.1) is 0 Å². The Morgan fingerprint density at radius 2 is 2.16 bits per heavy atom. The monoisotopic (exact) mass is 268 g/mol. The molecule has 2 nitrogen and oxygen atoms in total. The smallest absolute Gasteiger partial charge is 0.361 e. The number of hydrogen-bond acceptors (Lipinski definition) is 1. The van der Waals surface area contributed by atoms with Crippen molar-refractivity contribution >= 4 is 10.9 Å². The maximum absolute atomic E-state index is 12.7. The van der Waals surface area contributed by atoms with E-state index in [1.165, 1.54) is 12.1 Å². The molecule has 0 unspecified atom stereocenters. The normalized spacial score (nSPS) is 22.9. The van der Waals surface area contributed by atoms with Crippen LogP contribution in [0.5, 0.6) is 0 Å². The van der Waals surface area contributed by atoms with Crippen LogP contribution in [0.1, 0.15) is 23.5 Å². The van der Waals surface area contributed by atoms with Crippen LogP contribution in [-0.2, 0) is 6.18 Å². The van der Waals surface area contributed by atoms with Gasteiger partial charge in [0.15, 0.2) is 0 Å². The lowest BCUT2D eigenvalue weighted by Gasteiger charge is -2.07. The topological polar surface area (TPSA) is 27.8 Å². The third-order valence-electron chi connectivity index (χ3n) is 3.83. The molecule has 2 atom stereocenters. The predicted octanol–water partition coefficient (Wildman–Crippen LogP) is 3.51. The van der Waals surface area contributed by atoms with Crippen molar-refractivity contribution in [3.8, 4) is 0 Å². The molecular formula is C14H15F3N2. The third kappa shape index (κ3) is 2.23. The SMILES string of the molecule is CNC[C@@H]1C[C@H]1c1c[nH]c2ccc(C(F)(F)F)cc12. The molecule has 0 bridgehead atoms. The lowest BCUT2D eigenvalue weighted by atomic mass is 10.1. The van der Waals surface area contributed by atoms with E-state index in [0.717, 1.165) is 30.1 Å². The van der Waals surface area contributed by atoms with Crippen LogP contribution in [0.4, 0.5) is 13.2 Å². The number of rotatable bonds is 3. The third-order valence-corrected chi connectivity index (χ3v) is 3.83. The molecule has 2 aromatic rings. The average Bonchev–Trinajstić information content (AvgIpc) is 2.98. The van der Waals surface area contributed by atoms with Gasteiger partial charge >= 0.3 is 6.18 Å². The van der Waals surface area contributed by atoms with Crippen molar-refractivity contribution in [3.05, 3.63) is 35.5 Å². The molecule has 0 saturated heterocycles. The first-order chi connectivity index (χ1) is 9.00. The summed E-state index contributed by atoms with van der Waals surface area (Å²) in [5, 5.41) is 3.82. The van der Waals surface area contributed by atoms with Crippen LogP contribution >= 0.6 is 0 Å². The minimum Gasteiger partial charge on any atom is -0.361 e. The van der Waals surface area contributed by atoms with Gasteiger partial charge in [-0.25, -0.2) is 0 Å². The molecule has 0 radical (unpaired) electrons. The van der Waals surface area contributed by atoms with Gasteiger partial charge in [0.2, 0.25) is 0 Å². The van der Waals surface area contributed by atoms with Gasteiger partial charge in [-0.1, -0.05) is 0 Å². The average molecular weight is 268 g/mol. The zero-order valence-corrected chi connectivity index (χ0v) is 10.5. The first-order valence-corrected chi connectivity index (χ1v) is 6.33. The van der Waals surface area contributed by atoms with Crippen molar-refractivity contribution in [3.63, 3.8) is 0 Å². The summed E-state index contributed by atoms with van der Waals surface area (Å²) in [5.74, 6) is 0.920. The Morgan fingerprint density at radius 1 is 1.37 bits per heavy atom. The number of halogens is 3. The second-order valence-corrected chi connectivity index (χ2v) is 5.16. The number of nitrogens with one attached hydrogen (secondary N) is 2. The lowest BCUT2D eigenvalue weighted by Crippen LogP contribution is -2.10. The van der Waals surface area contributed by atoms with Gasteiger partial charge < -0.3 is 10.3 Å². The number of fused-ring (bicyclic) bond motifs is 1. The van der Waals surface area contributed by atoms with E-state index >= 15 is 0 Å². The highest BCUT2D eigenvalue weighted by Crippen LogP contribution is 2.49. The molecule has 1 aliphatic rings. The Bertz CT molecular complexity index is 600. The Hall–Kier alpha value is -1.49. The lowest BCUT2D eigenvalue weighted by molar-refractivity contribution is -0.137. The van der Waals surface area contributed by atoms with Crippen LogP contribution < -0.4 is 5.32 Å². The van der Waals surface area contributed by atoms with E-state index in [1.807, 2.05) is 13.2 Å². The van der Waals surface area contributed by atoms with E-state index in [4.69, 9.17) is 0 Å². The standard InChI is InChI=1S/C14H15F3N2/c1-18-6-8-4-10(8)12-7-19-13-3-2-9(5-11(12)13)14(15,16)17/h2-3,5,7-8,10,18-19H,4,6H2,1H3/t8-,10+/m0/s1. The minimum absolute atomic E-state index is 0.379. The zero-order valence-electron chi connectivity index (χ0n) is 10.5. The van der Waals surface area contributed by atoms with Crippen LogP contribution in [0.2, 0.25) is 0 Å². The molecule has 1 saturated carbocycles. The molecule has 1 aromatic carbocycles. The highest BCUT2D eigenvalue weighted by atomic mass is 19.4. The summed E-state index contributed by atoms with van der Waals surface area (Å²) in [6.07, 6.45) is -1.38. The van der Waals surface area contributed by atoms with Crippen LogP contribution in [0.3, 0.4) is 0 Å². The maximum atomic E-state index is 12.7. The fourth-order valence-electron chi connectivity index (χ4n) is 2.74. The highest BCUT2D eigenvalue weighted by Gasteiger charge is 2.39. The maximum Gasteiger partial charge on any atom is 0.416 e. The number of aromatic amines is 1. The van der Waals surface area contributed by atoms with Crippen molar-refractivity contribution in [2.45, 2.75) is 18.5 Å². The van der Waals surface area contributed by atoms with Gasteiger partial charge in [-0.3, -0.25) is 0 Å². The van der Waals surface area contributed by atoms with Crippen molar-refractivity contribution in [2.24, 2.45) is 5.92 Å². The number of hydrogen-bond donors (Lipinski definition) is 2. The molecule has 0 amide bonds. The molecule has 1 fully saturated rings. The van der Waals surface area contributed by atoms with Gasteiger partial charge in [0.25, 0.3) is 0 Å². The molecule has 2 N–H and O–H groups in total. The largest absolute Gasteiger partial charge is 0.416 e. The molecule has 5 heteroatoms. The van der Waals surface area contributed by atoms with Crippen LogP contribution in [0, 0.1) is 5.92 Å². The summed E-state index contributed by atoms with van der Waals surface area (Å²) in [5.41, 5.74) is 1.21. The van der Waals surface area contributed by atoms with E-state index in [9.17, 15) is 13.2 Å². The Morgan fingerprint density at radius 3 is 2.84 bits per heavy atom. The van der Waals surface area contributed by atoms with E-state index in [-0.39, 0.29) is 0 Å². The van der Waals surface area contributed by atoms with Gasteiger partial charge in [-0.2, -0.15) is 13.2 Å². The number of H-pyrrole nitrogens is 1. The quantitative estimate of drug-likeness (QED) is 0.876. The molecule has 19 heavy (non-hydrogen) atoms. The molecule has 1 aromatic heterocycles. The Balaban J connectivity index is 1.98. The van der Waals surface area contributed by atoms with Gasteiger partial charge in [0.1, 0.15) is 0 Å². The van der Waals surface area contributed by atoms with Gasteiger partial charge in [-0.05, 0) is 55.6 Å². The summed E-state index contributed by atoms with van der Waals surface area (Å²) in [6, 6.07) is 3.90. The number of benzene rings is 1. The molecule has 102 valence electrons. The highest BCUT2D eigenvalue weighted by molar-refractivity contribution is 5.85. The van der Waals surface area contributed by atoms with Crippen molar-refractivity contribution in [1.29, 1.82) is 0 Å². The summed E-state index contributed by atoms with van der Waals surface area (Å²) < 4.78 is 38.2. The molecule has 0 spiro atoms. The summed E-state index contributed by atoms with van der Waals surface area (Å²) in [7, 11) is 1.90. The molecule has 1 heterocycles. The first kappa shape index (κ1) is 12.5. The second kappa shape index (κ2) is 4.27. The minimum atomic E-state index is -4.28. The van der Waals surface area contributed by atoms with Gasteiger partial charge in [0.05, 0.1) is 5.56 Å². The summed E-state index contributed by atoms with van der Waals surface area (Å²) in [6.45, 7) is 0.913. The van der Waals surface area contributed by atoms with Gasteiger partial charge in [0, 0.05) is 17.1 Å². The number of aromatic nitrogens is 1. The number of alkyl halides is 3. The van der Waals surface area contributed by atoms with E-state index < -0.39 is 11.7 Å². The Labute approximate surface area is 109 Å². The predicted molar refractivity (Wildman–Crippen MR) is 68.1 cm³/mol. The summed E-state index contributed by atoms with van der Waals surface area (Å²) in [4.78, 5) is 3.06. The fraction of sp³-hybridized carbons (Fsp3) is 0.429. The van der Waals surface area contributed by atoms with E-state index in [0.29, 0.717) is 17.2 Å². The first-order valence-electron chi connectivity index (χ1n) is 6.33. The fourth-order valence-corrected chi connectivity index (χ4v) is 2.74. The van der Waals surface area contributed by atoms with Crippen molar-refractivity contribution in [2.75, 3.05) is 13.6 Å². The molecule has 3 rings (SSSR count). The molecule has 0 aliphatic heterocycles. The Kier molecular flexibility index (Phi) is 2.82. The van der Waals surface area contributed by atoms with Crippen LogP contribution in [0.25, 0.3) is 10.9 Å². The van der Waals surface area contributed by atoms with Crippen LogP contribution in [0.15, 0.2) is 24.4 Å². The second-order valence-electron chi connectivity index (χ2n) is 5.16. The van der Waals surface area contributed by atoms with E-state index in [1.54, 1.807) is 0 Å². The van der Waals surface area contributed by atoms with E-state index in [2.05, 4.69) is 10.3 Å². The molecular weight excluding hydrogens is 253 g/mol. The zero-order chi connectivity index (χ0) is 13.6. The van der Waals surface area contributed by atoms with Crippen molar-refractivity contribution < 1.29 is 13.2 Å². The summed E-state index contributed by atoms with van der Waals surface area (Å²) >= 11 is 0.